The quantitative estimate of drug-likeness (QED) is 0.626. The van der Waals surface area contributed by atoms with Crippen molar-refractivity contribution in [3.63, 3.8) is 0 Å². The maximum atomic E-state index is 12.8. The molecule has 28 heavy (non-hydrogen) atoms. The summed E-state index contributed by atoms with van der Waals surface area (Å²) in [5.41, 5.74) is 1.14. The van der Waals surface area contributed by atoms with Gasteiger partial charge in [0.1, 0.15) is 5.58 Å². The van der Waals surface area contributed by atoms with Gasteiger partial charge in [-0.25, -0.2) is 13.2 Å². The third kappa shape index (κ3) is 3.41. The number of nitrogens with zero attached hydrogens (tertiary/aromatic N) is 2. The van der Waals surface area contributed by atoms with Gasteiger partial charge in [0, 0.05) is 36.8 Å². The van der Waals surface area contributed by atoms with Crippen molar-refractivity contribution in [3.05, 3.63) is 74.5 Å². The molecule has 0 amide bonds. The van der Waals surface area contributed by atoms with E-state index in [2.05, 4.69) is 0 Å². The summed E-state index contributed by atoms with van der Waals surface area (Å²) in [6, 6.07) is 9.42. The predicted octanol–water partition coefficient (Wildman–Crippen LogP) is 2.10. The van der Waals surface area contributed by atoms with Crippen LogP contribution in [0.25, 0.3) is 11.0 Å². The van der Waals surface area contributed by atoms with E-state index in [-0.39, 0.29) is 17.0 Å². The van der Waals surface area contributed by atoms with Crippen LogP contribution in [0.1, 0.15) is 24.0 Å². The van der Waals surface area contributed by atoms with Gasteiger partial charge in [0.15, 0.2) is 0 Å². The third-order valence-electron chi connectivity index (χ3n) is 4.99. The van der Waals surface area contributed by atoms with Gasteiger partial charge in [-0.3, -0.25) is 4.79 Å². The lowest BCUT2D eigenvalue weighted by Crippen LogP contribution is -2.29. The average Bonchev–Trinajstić information content (AvgIpc) is 3.18. The number of fused-ring (bicyclic) bond motifs is 1. The van der Waals surface area contributed by atoms with Crippen LogP contribution >= 0.6 is 0 Å². The molecule has 1 aliphatic rings. The van der Waals surface area contributed by atoms with Gasteiger partial charge >= 0.3 is 5.63 Å². The number of sulfonamides is 1. The fourth-order valence-electron chi connectivity index (χ4n) is 3.51. The molecule has 3 aromatic rings. The summed E-state index contributed by atoms with van der Waals surface area (Å²) in [4.78, 5) is 24.4. The summed E-state index contributed by atoms with van der Waals surface area (Å²) < 4.78 is 33.6. The number of pyridine rings is 1. The first kappa shape index (κ1) is 18.6. The zero-order valence-corrected chi connectivity index (χ0v) is 16.2. The molecule has 0 saturated carbocycles. The number of hydrogen-bond acceptors (Lipinski definition) is 5. The summed E-state index contributed by atoms with van der Waals surface area (Å²) in [5.74, 6) is 0. The summed E-state index contributed by atoms with van der Waals surface area (Å²) in [6.07, 6.45) is 3.03. The second-order valence-electron chi connectivity index (χ2n) is 7.03. The Labute approximate surface area is 161 Å². The van der Waals surface area contributed by atoms with Crippen molar-refractivity contribution in [3.8, 4) is 0 Å². The first-order valence-electron chi connectivity index (χ1n) is 9.09. The lowest BCUT2D eigenvalue weighted by atomic mass is 10.1. The molecule has 7 nitrogen and oxygen atoms in total. The summed E-state index contributed by atoms with van der Waals surface area (Å²) in [7, 11) is -3.63. The van der Waals surface area contributed by atoms with Crippen LogP contribution < -0.4 is 11.2 Å². The van der Waals surface area contributed by atoms with Crippen LogP contribution in [0, 0.1) is 6.92 Å². The van der Waals surface area contributed by atoms with Gasteiger partial charge in [0.2, 0.25) is 10.0 Å². The fraction of sp³-hybridized carbons (Fsp3) is 0.300. The number of benzene rings is 1. The van der Waals surface area contributed by atoms with Gasteiger partial charge in [-0.2, -0.15) is 4.31 Å². The van der Waals surface area contributed by atoms with Crippen molar-refractivity contribution in [1.82, 2.24) is 8.87 Å². The molecule has 146 valence electrons. The molecular weight excluding hydrogens is 380 g/mol. The maximum Gasteiger partial charge on any atom is 0.336 e. The van der Waals surface area contributed by atoms with E-state index in [0.717, 1.165) is 18.4 Å². The second kappa shape index (κ2) is 7.03. The van der Waals surface area contributed by atoms with Crippen molar-refractivity contribution in [2.45, 2.75) is 31.2 Å². The van der Waals surface area contributed by atoms with Crippen molar-refractivity contribution >= 4 is 21.0 Å². The molecule has 1 aliphatic heterocycles. The Balaban J connectivity index is 1.78. The number of aromatic nitrogens is 1. The Kier molecular flexibility index (Phi) is 4.68. The molecule has 4 rings (SSSR count). The minimum absolute atomic E-state index is 0.0767. The molecule has 0 N–H and O–H groups in total. The molecule has 0 radical (unpaired) electrons. The van der Waals surface area contributed by atoms with Gasteiger partial charge in [0.25, 0.3) is 5.56 Å². The standard InChI is InChI=1S/C20H20N2O5S/c1-14-4-6-17-15(11-20(24)27-18(17)10-14)12-21-13-16(5-7-19(21)23)28(25,26)22-8-2-3-9-22/h4-7,10-11,13H,2-3,8-9,12H2,1H3. The van der Waals surface area contributed by atoms with E-state index in [9.17, 15) is 18.0 Å². The minimum atomic E-state index is -3.63. The molecule has 3 heterocycles. The predicted molar refractivity (Wildman–Crippen MR) is 105 cm³/mol. The number of hydrogen-bond donors (Lipinski definition) is 0. The maximum absolute atomic E-state index is 12.8. The van der Waals surface area contributed by atoms with E-state index in [1.165, 1.54) is 33.3 Å². The van der Waals surface area contributed by atoms with Gasteiger partial charge in [-0.15, -0.1) is 0 Å². The van der Waals surface area contributed by atoms with Crippen LogP contribution in [-0.4, -0.2) is 30.4 Å². The molecule has 1 saturated heterocycles. The highest BCUT2D eigenvalue weighted by Gasteiger charge is 2.27. The highest BCUT2D eigenvalue weighted by atomic mass is 32.2. The number of aryl methyl sites for hydroxylation is 1. The smallest absolute Gasteiger partial charge is 0.336 e. The first-order valence-corrected chi connectivity index (χ1v) is 10.5. The van der Waals surface area contributed by atoms with E-state index in [0.29, 0.717) is 29.6 Å². The second-order valence-corrected chi connectivity index (χ2v) is 8.97. The zero-order chi connectivity index (χ0) is 19.9. The van der Waals surface area contributed by atoms with E-state index < -0.39 is 15.6 Å². The van der Waals surface area contributed by atoms with E-state index in [1.807, 2.05) is 19.1 Å². The van der Waals surface area contributed by atoms with Crippen molar-refractivity contribution < 1.29 is 12.8 Å². The Morgan fingerprint density at radius 1 is 1.04 bits per heavy atom. The van der Waals surface area contributed by atoms with E-state index in [4.69, 9.17) is 4.42 Å². The average molecular weight is 400 g/mol. The Morgan fingerprint density at radius 2 is 1.79 bits per heavy atom. The Hall–Kier alpha value is -2.71. The Bertz CT molecular complexity index is 1270. The lowest BCUT2D eigenvalue weighted by Gasteiger charge is -2.16. The Morgan fingerprint density at radius 3 is 2.54 bits per heavy atom. The molecule has 1 aromatic carbocycles. The van der Waals surface area contributed by atoms with Crippen molar-refractivity contribution in [2.24, 2.45) is 0 Å². The third-order valence-corrected chi connectivity index (χ3v) is 6.87. The van der Waals surface area contributed by atoms with Gasteiger partial charge in [-0.1, -0.05) is 12.1 Å². The van der Waals surface area contributed by atoms with Crippen LogP contribution in [0.5, 0.6) is 0 Å². The molecule has 8 heteroatoms. The lowest BCUT2D eigenvalue weighted by molar-refractivity contribution is 0.476. The van der Waals surface area contributed by atoms with Crippen molar-refractivity contribution in [1.29, 1.82) is 0 Å². The van der Waals surface area contributed by atoms with E-state index >= 15 is 0 Å². The SMILES string of the molecule is Cc1ccc2c(Cn3cc(S(=O)(=O)N4CCCC4)ccc3=O)cc(=O)oc2c1. The van der Waals surface area contributed by atoms with Gasteiger partial charge < -0.3 is 8.98 Å². The highest BCUT2D eigenvalue weighted by Crippen LogP contribution is 2.22. The zero-order valence-electron chi connectivity index (χ0n) is 15.4. The van der Waals surface area contributed by atoms with Crippen LogP contribution in [-0.2, 0) is 16.6 Å². The molecule has 0 bridgehead atoms. The largest absolute Gasteiger partial charge is 0.423 e. The molecule has 0 spiro atoms. The molecule has 0 unspecified atom stereocenters. The van der Waals surface area contributed by atoms with Crippen LogP contribution in [0.15, 0.2) is 61.5 Å². The monoisotopic (exact) mass is 400 g/mol. The number of rotatable bonds is 4. The van der Waals surface area contributed by atoms with Crippen molar-refractivity contribution in [2.75, 3.05) is 13.1 Å². The highest BCUT2D eigenvalue weighted by molar-refractivity contribution is 7.89. The minimum Gasteiger partial charge on any atom is -0.423 e. The summed E-state index contributed by atoms with van der Waals surface area (Å²) in [6.45, 7) is 2.95. The molecule has 1 fully saturated rings. The fourth-order valence-corrected chi connectivity index (χ4v) is 5.05. The molecule has 0 aliphatic carbocycles. The van der Waals surface area contributed by atoms with Crippen LogP contribution in [0.3, 0.4) is 0 Å². The summed E-state index contributed by atoms with van der Waals surface area (Å²) >= 11 is 0. The van der Waals surface area contributed by atoms with Crippen LogP contribution in [0.4, 0.5) is 0 Å². The molecular formula is C20H20N2O5S. The van der Waals surface area contributed by atoms with Gasteiger partial charge in [0.05, 0.1) is 11.4 Å². The normalized spacial score (nSPS) is 15.3. The van der Waals surface area contributed by atoms with Gasteiger partial charge in [-0.05, 0) is 43.0 Å². The molecule has 2 aromatic heterocycles. The topological polar surface area (TPSA) is 89.6 Å². The van der Waals surface area contributed by atoms with Crippen LogP contribution in [0.2, 0.25) is 0 Å². The molecule has 0 atom stereocenters. The first-order chi connectivity index (χ1) is 13.3. The summed E-state index contributed by atoms with van der Waals surface area (Å²) in [5, 5.41) is 0.713. The van der Waals surface area contributed by atoms with E-state index in [1.54, 1.807) is 6.07 Å².